The monoisotopic (exact) mass is 288 g/mol. The molecule has 102 valence electrons. The van der Waals surface area contributed by atoms with Crippen molar-refractivity contribution in [2.45, 2.75) is 0 Å². The Kier molecular flexibility index (Phi) is 3.44. The number of methoxy groups -OCH3 is 1. The summed E-state index contributed by atoms with van der Waals surface area (Å²) in [6.07, 6.45) is 0. The Morgan fingerprint density at radius 1 is 1.40 bits per heavy atom. The van der Waals surface area contributed by atoms with E-state index in [1.807, 2.05) is 35.7 Å². The molecule has 1 aromatic carbocycles. The summed E-state index contributed by atoms with van der Waals surface area (Å²) in [4.78, 5) is 16.4. The molecule has 0 aliphatic carbocycles. The van der Waals surface area contributed by atoms with Crippen LogP contribution in [0.2, 0.25) is 0 Å². The minimum atomic E-state index is -0.271. The summed E-state index contributed by atoms with van der Waals surface area (Å²) in [7, 11) is 1.46. The highest BCUT2D eigenvalue weighted by atomic mass is 32.1. The number of nitrogens with zero attached hydrogens (tertiary/aromatic N) is 3. The van der Waals surface area contributed by atoms with Crippen LogP contribution in [0.15, 0.2) is 35.7 Å². The van der Waals surface area contributed by atoms with Gasteiger partial charge < -0.3 is 4.74 Å². The highest BCUT2D eigenvalue weighted by Gasteiger charge is 2.12. The van der Waals surface area contributed by atoms with Crippen LogP contribution in [0, 0.1) is 0 Å². The molecule has 20 heavy (non-hydrogen) atoms. The second-order valence-electron chi connectivity index (χ2n) is 4.10. The van der Waals surface area contributed by atoms with E-state index in [-0.39, 0.29) is 18.5 Å². The van der Waals surface area contributed by atoms with Gasteiger partial charge in [-0.1, -0.05) is 30.3 Å². The topological polar surface area (TPSA) is 68.5 Å². The predicted octanol–water partition coefficient (Wildman–Crippen LogP) is 2.04. The van der Waals surface area contributed by atoms with E-state index in [2.05, 4.69) is 15.4 Å². The van der Waals surface area contributed by atoms with E-state index in [0.29, 0.717) is 0 Å². The van der Waals surface area contributed by atoms with Gasteiger partial charge in [-0.25, -0.2) is 4.52 Å². The molecule has 0 unspecified atom stereocenters. The smallest absolute Gasteiger partial charge is 0.252 e. The lowest BCUT2D eigenvalue weighted by atomic mass is 10.2. The number of anilines is 1. The maximum absolute atomic E-state index is 11.4. The SMILES string of the molecule is COCC(=O)Nc1nc2scc(-c3ccccc3)n2n1. The summed E-state index contributed by atoms with van der Waals surface area (Å²) >= 11 is 1.48. The van der Waals surface area contributed by atoms with E-state index in [1.54, 1.807) is 4.52 Å². The summed E-state index contributed by atoms with van der Waals surface area (Å²) in [6, 6.07) is 9.91. The van der Waals surface area contributed by atoms with Crippen molar-refractivity contribution in [3.05, 3.63) is 35.7 Å². The second kappa shape index (κ2) is 5.40. The normalized spacial score (nSPS) is 10.8. The summed E-state index contributed by atoms with van der Waals surface area (Å²) in [5, 5.41) is 8.89. The van der Waals surface area contributed by atoms with Crippen molar-refractivity contribution in [2.24, 2.45) is 0 Å². The van der Waals surface area contributed by atoms with Crippen molar-refractivity contribution in [1.82, 2.24) is 14.6 Å². The molecular formula is C13H12N4O2S. The van der Waals surface area contributed by atoms with Crippen molar-refractivity contribution < 1.29 is 9.53 Å². The van der Waals surface area contributed by atoms with E-state index < -0.39 is 0 Å². The fourth-order valence-electron chi connectivity index (χ4n) is 1.83. The van der Waals surface area contributed by atoms with Gasteiger partial charge in [0, 0.05) is 18.1 Å². The molecule has 2 aromatic heterocycles. The third-order valence-corrected chi connectivity index (χ3v) is 3.49. The van der Waals surface area contributed by atoms with Crippen LogP contribution >= 0.6 is 11.3 Å². The zero-order valence-corrected chi connectivity index (χ0v) is 11.6. The van der Waals surface area contributed by atoms with E-state index in [0.717, 1.165) is 16.2 Å². The van der Waals surface area contributed by atoms with Gasteiger partial charge in [0.25, 0.3) is 11.9 Å². The lowest BCUT2D eigenvalue weighted by Crippen LogP contribution is -2.18. The Labute approximate surface area is 119 Å². The molecule has 2 heterocycles. The van der Waals surface area contributed by atoms with Crippen LogP contribution in [0.25, 0.3) is 16.2 Å². The zero-order valence-electron chi connectivity index (χ0n) is 10.7. The van der Waals surface area contributed by atoms with Gasteiger partial charge in [0.15, 0.2) is 0 Å². The molecule has 3 rings (SSSR count). The molecule has 0 aliphatic rings. The number of amides is 1. The second-order valence-corrected chi connectivity index (χ2v) is 4.93. The first kappa shape index (κ1) is 12.8. The van der Waals surface area contributed by atoms with Gasteiger partial charge in [-0.3, -0.25) is 10.1 Å². The third kappa shape index (κ3) is 2.40. The molecule has 0 aliphatic heterocycles. The van der Waals surface area contributed by atoms with Crippen molar-refractivity contribution in [2.75, 3.05) is 19.0 Å². The van der Waals surface area contributed by atoms with Crippen molar-refractivity contribution in [3.63, 3.8) is 0 Å². The van der Waals surface area contributed by atoms with E-state index in [4.69, 9.17) is 4.74 Å². The van der Waals surface area contributed by atoms with Crippen LogP contribution in [0.1, 0.15) is 0 Å². The average Bonchev–Trinajstić information content (AvgIpc) is 2.99. The van der Waals surface area contributed by atoms with Crippen molar-refractivity contribution in [3.8, 4) is 11.3 Å². The Balaban J connectivity index is 1.93. The molecule has 0 bridgehead atoms. The largest absolute Gasteiger partial charge is 0.375 e. The Hall–Kier alpha value is -2.25. The Morgan fingerprint density at radius 2 is 2.20 bits per heavy atom. The third-order valence-electron chi connectivity index (χ3n) is 2.68. The minimum Gasteiger partial charge on any atom is -0.375 e. The van der Waals surface area contributed by atoms with Crippen LogP contribution in [0.3, 0.4) is 0 Å². The number of nitrogens with one attached hydrogen (secondary N) is 1. The number of ether oxygens (including phenoxy) is 1. The van der Waals surface area contributed by atoms with Crippen LogP contribution < -0.4 is 5.32 Å². The molecule has 0 radical (unpaired) electrons. The van der Waals surface area contributed by atoms with E-state index in [1.165, 1.54) is 18.4 Å². The summed E-state index contributed by atoms with van der Waals surface area (Å²) in [5.74, 6) is 0.0168. The first-order chi connectivity index (χ1) is 9.78. The summed E-state index contributed by atoms with van der Waals surface area (Å²) in [6.45, 7) is -0.0155. The highest BCUT2D eigenvalue weighted by molar-refractivity contribution is 7.15. The van der Waals surface area contributed by atoms with Crippen LogP contribution in [-0.4, -0.2) is 34.2 Å². The van der Waals surface area contributed by atoms with E-state index in [9.17, 15) is 4.79 Å². The van der Waals surface area contributed by atoms with Crippen molar-refractivity contribution in [1.29, 1.82) is 0 Å². The molecule has 1 N–H and O–H groups in total. The standard InChI is InChI=1S/C13H12N4O2S/c1-19-7-11(18)14-12-15-13-17(16-12)10(8-20-13)9-5-3-2-4-6-9/h2-6,8H,7H2,1H3,(H,14,16,18). The number of thiazole rings is 1. The van der Waals surface area contributed by atoms with Crippen LogP contribution in [-0.2, 0) is 9.53 Å². The molecule has 3 aromatic rings. The van der Waals surface area contributed by atoms with Crippen LogP contribution in [0.5, 0.6) is 0 Å². The number of hydrogen-bond donors (Lipinski definition) is 1. The number of rotatable bonds is 4. The Morgan fingerprint density at radius 3 is 2.95 bits per heavy atom. The molecule has 6 nitrogen and oxygen atoms in total. The summed E-state index contributed by atoms with van der Waals surface area (Å²) < 4.78 is 6.48. The fourth-order valence-corrected chi connectivity index (χ4v) is 2.66. The number of aromatic nitrogens is 3. The number of carbonyl (C=O) groups is 1. The zero-order chi connectivity index (χ0) is 13.9. The molecule has 7 heteroatoms. The first-order valence-corrected chi connectivity index (χ1v) is 6.84. The number of fused-ring (bicyclic) bond motifs is 1. The van der Waals surface area contributed by atoms with Gasteiger partial charge in [0.1, 0.15) is 6.61 Å². The molecular weight excluding hydrogens is 276 g/mol. The summed E-state index contributed by atoms with van der Waals surface area (Å²) in [5.41, 5.74) is 2.00. The maximum Gasteiger partial charge on any atom is 0.252 e. The van der Waals surface area contributed by atoms with Gasteiger partial charge in [-0.2, -0.15) is 4.98 Å². The lowest BCUT2D eigenvalue weighted by Gasteiger charge is -1.99. The quantitative estimate of drug-likeness (QED) is 0.797. The van der Waals surface area contributed by atoms with Gasteiger partial charge in [-0.05, 0) is 0 Å². The van der Waals surface area contributed by atoms with Crippen LogP contribution in [0.4, 0.5) is 5.95 Å². The first-order valence-electron chi connectivity index (χ1n) is 5.96. The van der Waals surface area contributed by atoms with Gasteiger partial charge in [0.05, 0.1) is 5.69 Å². The molecule has 0 spiro atoms. The molecule has 0 saturated heterocycles. The molecule has 0 atom stereocenters. The van der Waals surface area contributed by atoms with Crippen molar-refractivity contribution >= 4 is 28.2 Å². The van der Waals surface area contributed by atoms with Gasteiger partial charge in [-0.15, -0.1) is 16.4 Å². The lowest BCUT2D eigenvalue weighted by molar-refractivity contribution is -0.119. The fraction of sp³-hybridized carbons (Fsp3) is 0.154. The van der Waals surface area contributed by atoms with Gasteiger partial charge in [0.2, 0.25) is 4.96 Å². The highest BCUT2D eigenvalue weighted by Crippen LogP contribution is 2.25. The minimum absolute atomic E-state index is 0.0155. The maximum atomic E-state index is 11.4. The number of hydrogen-bond acceptors (Lipinski definition) is 5. The Bertz CT molecular complexity index is 735. The molecule has 1 amide bonds. The molecule has 0 saturated carbocycles. The molecule has 0 fully saturated rings. The number of carbonyl (C=O) groups excluding carboxylic acids is 1. The van der Waals surface area contributed by atoms with E-state index >= 15 is 0 Å². The predicted molar refractivity (Wildman–Crippen MR) is 76.8 cm³/mol. The van der Waals surface area contributed by atoms with Gasteiger partial charge >= 0.3 is 0 Å². The number of benzene rings is 1. The average molecular weight is 288 g/mol.